The monoisotopic (exact) mass is 460 g/mol. The van der Waals surface area contributed by atoms with Crippen LogP contribution in [-0.4, -0.2) is 51.0 Å². The molecule has 170 valence electrons. The van der Waals surface area contributed by atoms with Crippen molar-refractivity contribution in [2.75, 3.05) is 26.0 Å². The van der Waals surface area contributed by atoms with Gasteiger partial charge in [-0.1, -0.05) is 42.1 Å². The summed E-state index contributed by atoms with van der Waals surface area (Å²) in [6.45, 7) is 4.92. The number of amides is 1. The molecule has 0 saturated heterocycles. The number of nitrogens with zero attached hydrogens (tertiary/aromatic N) is 5. The van der Waals surface area contributed by atoms with Crippen molar-refractivity contribution >= 4 is 29.1 Å². The molecule has 2 heterocycles. The first-order valence-corrected chi connectivity index (χ1v) is 11.8. The number of rotatable bonds is 8. The Kier molecular flexibility index (Phi) is 7.05. The highest BCUT2D eigenvalue weighted by molar-refractivity contribution is 7.98. The molecule has 0 bridgehead atoms. The minimum atomic E-state index is -0.122. The molecule has 1 N–H and O–H groups in total. The van der Waals surface area contributed by atoms with Crippen molar-refractivity contribution in [3.63, 3.8) is 0 Å². The number of hydrogen-bond donors (Lipinski definition) is 1. The van der Waals surface area contributed by atoms with Gasteiger partial charge in [-0.2, -0.15) is 4.98 Å². The summed E-state index contributed by atoms with van der Waals surface area (Å²) >= 11 is 1.49. The van der Waals surface area contributed by atoms with Crippen molar-refractivity contribution in [2.45, 2.75) is 31.2 Å². The fraction of sp³-hybridized carbons (Fsp3) is 0.280. The quantitative estimate of drug-likeness (QED) is 0.393. The number of benzene rings is 2. The lowest BCUT2D eigenvalue weighted by Gasteiger charge is -2.11. The second-order valence-corrected chi connectivity index (χ2v) is 9.24. The van der Waals surface area contributed by atoms with E-state index >= 15 is 0 Å². The summed E-state index contributed by atoms with van der Waals surface area (Å²) in [4.78, 5) is 24.1. The van der Waals surface area contributed by atoms with E-state index in [0.717, 1.165) is 35.6 Å². The van der Waals surface area contributed by atoms with E-state index in [4.69, 9.17) is 0 Å². The van der Waals surface area contributed by atoms with E-state index in [2.05, 4.69) is 51.5 Å². The molecule has 33 heavy (non-hydrogen) atoms. The number of aromatic nitrogens is 4. The van der Waals surface area contributed by atoms with Crippen LogP contribution in [0.15, 0.2) is 59.8 Å². The number of thioether (sulfide) groups is 1. The van der Waals surface area contributed by atoms with Gasteiger partial charge in [0.1, 0.15) is 0 Å². The molecule has 1 amide bonds. The van der Waals surface area contributed by atoms with Crippen LogP contribution >= 0.6 is 11.8 Å². The maximum absolute atomic E-state index is 13.0. The fourth-order valence-electron chi connectivity index (χ4n) is 3.52. The van der Waals surface area contributed by atoms with Gasteiger partial charge in [-0.3, -0.25) is 4.79 Å². The molecule has 0 unspecified atom stereocenters. The van der Waals surface area contributed by atoms with Crippen molar-refractivity contribution in [1.82, 2.24) is 24.5 Å². The third-order valence-corrected chi connectivity index (χ3v) is 6.16. The number of carbonyl (C=O) groups is 1. The van der Waals surface area contributed by atoms with Gasteiger partial charge in [0.2, 0.25) is 5.16 Å². The van der Waals surface area contributed by atoms with Crippen LogP contribution < -0.4 is 5.32 Å². The first-order chi connectivity index (χ1) is 15.9. The highest BCUT2D eigenvalue weighted by Crippen LogP contribution is 2.23. The smallest absolute Gasteiger partial charge is 0.255 e. The van der Waals surface area contributed by atoms with Crippen LogP contribution in [0.5, 0.6) is 0 Å². The Bertz CT molecular complexity index is 1270. The average Bonchev–Trinajstić information content (AvgIpc) is 3.20. The summed E-state index contributed by atoms with van der Waals surface area (Å²) in [7, 11) is 4.13. The van der Waals surface area contributed by atoms with Crippen LogP contribution in [0.3, 0.4) is 0 Å². The third-order valence-electron chi connectivity index (χ3n) is 5.28. The summed E-state index contributed by atoms with van der Waals surface area (Å²) in [5.41, 5.74) is 5.52. The molecule has 2 aromatic heterocycles. The van der Waals surface area contributed by atoms with Gasteiger partial charge in [0, 0.05) is 34.9 Å². The van der Waals surface area contributed by atoms with E-state index in [1.807, 2.05) is 56.3 Å². The lowest BCUT2D eigenvalue weighted by molar-refractivity contribution is 0.102. The van der Waals surface area contributed by atoms with Gasteiger partial charge in [0.25, 0.3) is 11.7 Å². The van der Waals surface area contributed by atoms with Gasteiger partial charge in [0.05, 0.1) is 0 Å². The van der Waals surface area contributed by atoms with Crippen LogP contribution in [0.4, 0.5) is 5.69 Å². The Morgan fingerprint density at radius 2 is 1.82 bits per heavy atom. The largest absolute Gasteiger partial charge is 0.322 e. The topological polar surface area (TPSA) is 75.4 Å². The van der Waals surface area contributed by atoms with E-state index in [0.29, 0.717) is 22.3 Å². The zero-order valence-corrected chi connectivity index (χ0v) is 20.2. The summed E-state index contributed by atoms with van der Waals surface area (Å²) in [6, 6.07) is 17.7. The third kappa shape index (κ3) is 5.77. The van der Waals surface area contributed by atoms with Crippen molar-refractivity contribution in [3.05, 3.63) is 82.7 Å². The first-order valence-electron chi connectivity index (χ1n) is 10.9. The lowest BCUT2D eigenvalue weighted by atomic mass is 10.1. The number of nitrogens with one attached hydrogen (secondary N) is 1. The molecular formula is C25H28N6OS. The number of hydrogen-bond acceptors (Lipinski definition) is 6. The molecule has 0 aliphatic heterocycles. The molecule has 0 aliphatic rings. The minimum absolute atomic E-state index is 0.122. The van der Waals surface area contributed by atoms with Gasteiger partial charge < -0.3 is 10.2 Å². The first kappa shape index (κ1) is 22.9. The van der Waals surface area contributed by atoms with Crippen molar-refractivity contribution in [3.8, 4) is 0 Å². The molecule has 4 aromatic rings. The standard InChI is InChI=1S/C25H28N6OS/c1-17-15-18(2)31-24(26-17)28-25(29-31)33-16-20-7-5-6-8-22(20)23(32)27-21-11-9-19(10-12-21)13-14-30(3)4/h5-12,15H,13-14,16H2,1-4H3,(H,27,32). The van der Waals surface area contributed by atoms with Crippen LogP contribution in [0.25, 0.3) is 5.78 Å². The molecule has 4 rings (SSSR count). The predicted octanol–water partition coefficient (Wildman–Crippen LogP) is 4.39. The van der Waals surface area contributed by atoms with Crippen LogP contribution in [0.1, 0.15) is 32.9 Å². The molecule has 0 saturated carbocycles. The number of carbonyl (C=O) groups excluding carboxylic acids is 1. The molecule has 8 heteroatoms. The molecule has 7 nitrogen and oxygen atoms in total. The van der Waals surface area contributed by atoms with Crippen molar-refractivity contribution < 1.29 is 4.79 Å². The SMILES string of the molecule is Cc1cc(C)n2nc(SCc3ccccc3C(=O)Nc3ccc(CCN(C)C)cc3)nc2n1. The normalized spacial score (nSPS) is 11.3. The number of likely N-dealkylation sites (N-methyl/N-ethyl adjacent to an activating group) is 1. The highest BCUT2D eigenvalue weighted by Gasteiger charge is 2.14. The summed E-state index contributed by atoms with van der Waals surface area (Å²) in [6.07, 6.45) is 0.979. The van der Waals surface area contributed by atoms with E-state index in [-0.39, 0.29) is 5.91 Å². The minimum Gasteiger partial charge on any atom is -0.322 e. The zero-order valence-electron chi connectivity index (χ0n) is 19.4. The number of aryl methyl sites for hydroxylation is 2. The summed E-state index contributed by atoms with van der Waals surface area (Å²) in [5, 5.41) is 8.21. The highest BCUT2D eigenvalue weighted by atomic mass is 32.2. The Balaban J connectivity index is 1.44. The van der Waals surface area contributed by atoms with Gasteiger partial charge in [0.15, 0.2) is 0 Å². The van der Waals surface area contributed by atoms with E-state index in [1.54, 1.807) is 4.52 Å². The van der Waals surface area contributed by atoms with Gasteiger partial charge >= 0.3 is 0 Å². The molecule has 2 aromatic carbocycles. The van der Waals surface area contributed by atoms with Crippen LogP contribution in [-0.2, 0) is 12.2 Å². The van der Waals surface area contributed by atoms with Gasteiger partial charge in [-0.15, -0.1) is 5.10 Å². The number of fused-ring (bicyclic) bond motifs is 1. The average molecular weight is 461 g/mol. The Labute approximate surface area is 198 Å². The van der Waals surface area contributed by atoms with Crippen LogP contribution in [0.2, 0.25) is 0 Å². The molecule has 0 aliphatic carbocycles. The number of anilines is 1. The Hall–Kier alpha value is -3.23. The lowest BCUT2D eigenvalue weighted by Crippen LogP contribution is -2.15. The summed E-state index contributed by atoms with van der Waals surface area (Å²) < 4.78 is 1.75. The molecule has 0 spiro atoms. The Morgan fingerprint density at radius 3 is 2.58 bits per heavy atom. The van der Waals surface area contributed by atoms with E-state index < -0.39 is 0 Å². The second kappa shape index (κ2) is 10.1. The van der Waals surface area contributed by atoms with E-state index in [1.165, 1.54) is 17.3 Å². The maximum Gasteiger partial charge on any atom is 0.255 e. The second-order valence-electron chi connectivity index (χ2n) is 8.30. The molecule has 0 radical (unpaired) electrons. The van der Waals surface area contributed by atoms with Gasteiger partial charge in [-0.05, 0) is 69.8 Å². The van der Waals surface area contributed by atoms with Crippen molar-refractivity contribution in [1.29, 1.82) is 0 Å². The fourth-order valence-corrected chi connectivity index (χ4v) is 4.35. The molecular weight excluding hydrogens is 432 g/mol. The Morgan fingerprint density at radius 1 is 1.06 bits per heavy atom. The van der Waals surface area contributed by atoms with Crippen LogP contribution in [0, 0.1) is 13.8 Å². The predicted molar refractivity (Wildman–Crippen MR) is 133 cm³/mol. The maximum atomic E-state index is 13.0. The zero-order chi connectivity index (χ0) is 23.4. The molecule has 0 atom stereocenters. The van der Waals surface area contributed by atoms with Crippen molar-refractivity contribution in [2.24, 2.45) is 0 Å². The van der Waals surface area contributed by atoms with E-state index in [9.17, 15) is 4.79 Å². The molecule has 0 fully saturated rings. The summed E-state index contributed by atoms with van der Waals surface area (Å²) in [5.74, 6) is 1.06. The van der Waals surface area contributed by atoms with Gasteiger partial charge in [-0.25, -0.2) is 9.50 Å².